The molecule has 3 atom stereocenters. The van der Waals surface area contributed by atoms with E-state index in [0.29, 0.717) is 12.0 Å². The minimum atomic E-state index is -0.364. The minimum Gasteiger partial charge on any atom is -0.353 e. The van der Waals surface area contributed by atoms with Gasteiger partial charge in [-0.15, -0.1) is 12.4 Å². The smallest absolute Gasteiger partial charge is 0.224 e. The van der Waals surface area contributed by atoms with E-state index in [-0.39, 0.29) is 42.1 Å². The largest absolute Gasteiger partial charge is 0.353 e. The molecule has 2 rings (SSSR count). The molecule has 0 aliphatic rings. The number of carbonyl (C=O) groups excluding carboxylic acids is 1. The average molecular weight is 351 g/mol. The van der Waals surface area contributed by atoms with Crippen LogP contribution in [0, 0.1) is 11.7 Å². The quantitative estimate of drug-likeness (QED) is 0.835. The fraction of sp³-hybridized carbons (Fsp3) is 0.316. The van der Waals surface area contributed by atoms with Crippen LogP contribution in [0.4, 0.5) is 4.39 Å². The molecule has 0 bridgehead atoms. The Bertz CT molecular complexity index is 651. The predicted octanol–water partition coefficient (Wildman–Crippen LogP) is 3.63. The van der Waals surface area contributed by atoms with Gasteiger partial charge in [0.2, 0.25) is 5.91 Å². The van der Waals surface area contributed by atoms with Gasteiger partial charge in [-0.2, -0.15) is 0 Å². The Labute approximate surface area is 148 Å². The highest BCUT2D eigenvalue weighted by molar-refractivity contribution is 5.85. The summed E-state index contributed by atoms with van der Waals surface area (Å²) >= 11 is 0. The van der Waals surface area contributed by atoms with Gasteiger partial charge in [0, 0.05) is 12.1 Å². The first-order chi connectivity index (χ1) is 11.0. The summed E-state index contributed by atoms with van der Waals surface area (Å²) < 4.78 is 13.7. The topological polar surface area (TPSA) is 55.1 Å². The number of nitrogens with one attached hydrogen (secondary N) is 1. The molecular formula is C19H24ClFN2O. The maximum Gasteiger partial charge on any atom is 0.224 e. The SMILES string of the molecule is CC(Cc1ccccc1F)NC(=O)C(C)C(N)c1ccccc1.Cl. The molecule has 0 heterocycles. The standard InChI is InChI=1S/C19H23FN2O.ClH/c1-13(12-16-10-6-7-11-17(16)20)22-19(23)14(2)18(21)15-8-4-3-5-9-15;/h3-11,13-14,18H,12,21H2,1-2H3,(H,22,23);1H. The summed E-state index contributed by atoms with van der Waals surface area (Å²) in [7, 11) is 0. The number of hydrogen-bond acceptors (Lipinski definition) is 2. The molecule has 1 amide bonds. The van der Waals surface area contributed by atoms with Crippen LogP contribution < -0.4 is 11.1 Å². The minimum absolute atomic E-state index is 0. The first kappa shape index (κ1) is 20.1. The molecule has 3 N–H and O–H groups in total. The molecule has 3 nitrogen and oxygen atoms in total. The lowest BCUT2D eigenvalue weighted by Gasteiger charge is -2.22. The first-order valence-corrected chi connectivity index (χ1v) is 7.83. The highest BCUT2D eigenvalue weighted by atomic mass is 35.5. The zero-order valence-corrected chi connectivity index (χ0v) is 14.7. The molecule has 0 radical (unpaired) electrons. The van der Waals surface area contributed by atoms with Gasteiger partial charge in [-0.25, -0.2) is 4.39 Å². The number of halogens is 2. The van der Waals surface area contributed by atoms with Gasteiger partial charge in [0.25, 0.3) is 0 Å². The Kier molecular flexibility index (Phi) is 7.89. The Morgan fingerprint density at radius 1 is 1.08 bits per heavy atom. The van der Waals surface area contributed by atoms with Crippen molar-refractivity contribution in [1.29, 1.82) is 0 Å². The van der Waals surface area contributed by atoms with E-state index >= 15 is 0 Å². The fourth-order valence-electron chi connectivity index (χ4n) is 2.55. The van der Waals surface area contributed by atoms with Gasteiger partial charge in [-0.1, -0.05) is 55.5 Å². The molecular weight excluding hydrogens is 327 g/mol. The zero-order valence-electron chi connectivity index (χ0n) is 13.9. The number of carbonyl (C=O) groups is 1. The van der Waals surface area contributed by atoms with Crippen LogP contribution in [0.5, 0.6) is 0 Å². The monoisotopic (exact) mass is 350 g/mol. The summed E-state index contributed by atoms with van der Waals surface area (Å²) in [5, 5.41) is 2.92. The molecule has 130 valence electrons. The third-order valence-corrected chi connectivity index (χ3v) is 4.01. The van der Waals surface area contributed by atoms with Gasteiger partial charge >= 0.3 is 0 Å². The van der Waals surface area contributed by atoms with E-state index in [9.17, 15) is 9.18 Å². The molecule has 2 aromatic rings. The zero-order chi connectivity index (χ0) is 16.8. The summed E-state index contributed by atoms with van der Waals surface area (Å²) in [5.41, 5.74) is 7.70. The van der Waals surface area contributed by atoms with Crippen LogP contribution in [0.3, 0.4) is 0 Å². The van der Waals surface area contributed by atoms with Crippen molar-refractivity contribution in [2.24, 2.45) is 11.7 Å². The van der Waals surface area contributed by atoms with Crippen molar-refractivity contribution in [3.05, 3.63) is 71.5 Å². The van der Waals surface area contributed by atoms with Crippen LogP contribution in [-0.4, -0.2) is 11.9 Å². The normalized spacial score (nSPS) is 14.2. The summed E-state index contributed by atoms with van der Waals surface area (Å²) in [6, 6.07) is 15.6. The lowest BCUT2D eigenvalue weighted by atomic mass is 9.94. The number of amides is 1. The summed E-state index contributed by atoms with van der Waals surface area (Å²) in [4.78, 5) is 12.4. The van der Waals surface area contributed by atoms with E-state index in [2.05, 4.69) is 5.32 Å². The van der Waals surface area contributed by atoms with Crippen LogP contribution in [0.15, 0.2) is 54.6 Å². The van der Waals surface area contributed by atoms with E-state index in [1.165, 1.54) is 6.07 Å². The third-order valence-electron chi connectivity index (χ3n) is 4.01. The lowest BCUT2D eigenvalue weighted by molar-refractivity contribution is -0.125. The van der Waals surface area contributed by atoms with Crippen molar-refractivity contribution >= 4 is 18.3 Å². The van der Waals surface area contributed by atoms with Crippen molar-refractivity contribution in [2.75, 3.05) is 0 Å². The van der Waals surface area contributed by atoms with Crippen molar-refractivity contribution in [2.45, 2.75) is 32.4 Å². The number of hydrogen-bond donors (Lipinski definition) is 2. The van der Waals surface area contributed by atoms with E-state index in [1.54, 1.807) is 18.2 Å². The van der Waals surface area contributed by atoms with Gasteiger partial charge in [-0.3, -0.25) is 4.79 Å². The van der Waals surface area contributed by atoms with Crippen molar-refractivity contribution in [3.63, 3.8) is 0 Å². The van der Waals surface area contributed by atoms with Crippen LogP contribution in [0.25, 0.3) is 0 Å². The maximum absolute atomic E-state index is 13.7. The van der Waals surface area contributed by atoms with Gasteiger partial charge < -0.3 is 11.1 Å². The van der Waals surface area contributed by atoms with Crippen LogP contribution >= 0.6 is 12.4 Å². The highest BCUT2D eigenvalue weighted by Gasteiger charge is 2.23. The Morgan fingerprint density at radius 2 is 1.67 bits per heavy atom. The summed E-state index contributed by atoms with van der Waals surface area (Å²) in [6.45, 7) is 3.67. The fourth-order valence-corrected chi connectivity index (χ4v) is 2.55. The number of benzene rings is 2. The summed E-state index contributed by atoms with van der Waals surface area (Å²) in [6.07, 6.45) is 0.450. The predicted molar refractivity (Wildman–Crippen MR) is 97.5 cm³/mol. The first-order valence-electron chi connectivity index (χ1n) is 7.83. The van der Waals surface area contributed by atoms with E-state index in [1.807, 2.05) is 44.2 Å². The van der Waals surface area contributed by atoms with Gasteiger partial charge in [0.1, 0.15) is 5.82 Å². The molecule has 24 heavy (non-hydrogen) atoms. The van der Waals surface area contributed by atoms with Crippen molar-refractivity contribution in [1.82, 2.24) is 5.32 Å². The molecule has 0 saturated heterocycles. The van der Waals surface area contributed by atoms with Gasteiger partial charge in [0.05, 0.1) is 5.92 Å². The average Bonchev–Trinajstić information content (AvgIpc) is 2.56. The second-order valence-electron chi connectivity index (χ2n) is 5.93. The summed E-state index contributed by atoms with van der Waals surface area (Å²) in [5.74, 6) is -0.728. The molecule has 0 fully saturated rings. The second kappa shape index (κ2) is 9.40. The van der Waals surface area contributed by atoms with E-state index < -0.39 is 0 Å². The number of nitrogens with two attached hydrogens (primary N) is 1. The Balaban J connectivity index is 0.00000288. The van der Waals surface area contributed by atoms with E-state index in [4.69, 9.17) is 5.73 Å². The molecule has 0 spiro atoms. The van der Waals surface area contributed by atoms with Crippen LogP contribution in [-0.2, 0) is 11.2 Å². The third kappa shape index (κ3) is 5.32. The van der Waals surface area contributed by atoms with Gasteiger partial charge in [-0.05, 0) is 30.5 Å². The van der Waals surface area contributed by atoms with Crippen molar-refractivity contribution < 1.29 is 9.18 Å². The molecule has 0 aromatic heterocycles. The van der Waals surface area contributed by atoms with Crippen LogP contribution in [0.1, 0.15) is 31.0 Å². The Morgan fingerprint density at radius 3 is 2.29 bits per heavy atom. The van der Waals surface area contributed by atoms with Crippen LogP contribution in [0.2, 0.25) is 0 Å². The molecule has 3 unspecified atom stereocenters. The highest BCUT2D eigenvalue weighted by Crippen LogP contribution is 2.19. The van der Waals surface area contributed by atoms with Crippen molar-refractivity contribution in [3.8, 4) is 0 Å². The molecule has 0 saturated carbocycles. The Hall–Kier alpha value is -1.91. The number of rotatable bonds is 6. The molecule has 2 aromatic carbocycles. The maximum atomic E-state index is 13.7. The van der Waals surface area contributed by atoms with Gasteiger partial charge in [0.15, 0.2) is 0 Å². The lowest BCUT2D eigenvalue weighted by Crippen LogP contribution is -2.41. The molecule has 0 aliphatic carbocycles. The van der Waals surface area contributed by atoms with E-state index in [0.717, 1.165) is 5.56 Å². The molecule has 0 aliphatic heterocycles. The second-order valence-corrected chi connectivity index (χ2v) is 5.93. The molecule has 5 heteroatoms.